The van der Waals surface area contributed by atoms with Gasteiger partial charge in [-0.1, -0.05) is 48.0 Å². The molecule has 2 aromatic carbocycles. The van der Waals surface area contributed by atoms with E-state index in [0.29, 0.717) is 18.0 Å². The van der Waals surface area contributed by atoms with Gasteiger partial charge in [0.05, 0.1) is 6.04 Å². The third kappa shape index (κ3) is 6.02. The maximum atomic E-state index is 12.1. The molecule has 3 N–H and O–H groups in total. The van der Waals surface area contributed by atoms with Crippen molar-refractivity contribution in [2.45, 2.75) is 19.0 Å². The summed E-state index contributed by atoms with van der Waals surface area (Å²) in [5.74, 6) is 0.778. The van der Waals surface area contributed by atoms with Crippen LogP contribution in [0.5, 0.6) is 0 Å². The number of halogens is 2. The predicted octanol–water partition coefficient (Wildman–Crippen LogP) is 4.13. The first-order valence-corrected chi connectivity index (χ1v) is 9.25. The molecule has 0 spiro atoms. The Morgan fingerprint density at radius 1 is 1.21 bits per heavy atom. The number of nitrogens with two attached hydrogens (primary N) is 1. The number of nitrogens with one attached hydrogen (secondary N) is 1. The minimum atomic E-state index is -0.454. The first-order valence-electron chi connectivity index (χ1n) is 7.48. The zero-order valence-corrected chi connectivity index (χ0v) is 15.9. The van der Waals surface area contributed by atoms with Crippen molar-refractivity contribution >= 4 is 41.7 Å². The number of rotatable bonds is 7. The maximum Gasteiger partial charge on any atom is 0.237 e. The Bertz CT molecular complexity index is 650. The molecular weight excluding hydrogens is 363 g/mol. The number of hydrogen-bond acceptors (Lipinski definition) is 3. The van der Waals surface area contributed by atoms with Crippen LogP contribution >= 0.6 is 35.8 Å². The summed E-state index contributed by atoms with van der Waals surface area (Å²) in [4.78, 5) is 12.1. The van der Waals surface area contributed by atoms with E-state index < -0.39 is 6.04 Å². The summed E-state index contributed by atoms with van der Waals surface area (Å²) in [7, 11) is 0. The van der Waals surface area contributed by atoms with Gasteiger partial charge in [0.25, 0.3) is 0 Å². The van der Waals surface area contributed by atoms with Gasteiger partial charge in [0.1, 0.15) is 0 Å². The number of carbonyl (C=O) groups excluding carboxylic acids is 1. The van der Waals surface area contributed by atoms with Crippen LogP contribution in [0.2, 0.25) is 5.02 Å². The minimum absolute atomic E-state index is 0. The van der Waals surface area contributed by atoms with E-state index in [1.807, 2.05) is 54.8 Å². The fraction of sp³-hybridized carbons (Fsp3) is 0.278. The van der Waals surface area contributed by atoms with E-state index in [4.69, 9.17) is 17.3 Å². The smallest absolute Gasteiger partial charge is 0.237 e. The Morgan fingerprint density at radius 3 is 2.54 bits per heavy atom. The van der Waals surface area contributed by atoms with Crippen LogP contribution in [0.3, 0.4) is 0 Å². The Balaban J connectivity index is 0.00000288. The highest BCUT2D eigenvalue weighted by Crippen LogP contribution is 2.25. The van der Waals surface area contributed by atoms with Gasteiger partial charge in [0.15, 0.2) is 0 Å². The van der Waals surface area contributed by atoms with Gasteiger partial charge >= 0.3 is 0 Å². The Hall–Kier alpha value is -1.20. The molecule has 2 aromatic rings. The van der Waals surface area contributed by atoms with Gasteiger partial charge in [-0.2, -0.15) is 11.8 Å². The van der Waals surface area contributed by atoms with Crippen LogP contribution in [-0.4, -0.2) is 24.0 Å². The molecule has 1 amide bonds. The van der Waals surface area contributed by atoms with Gasteiger partial charge in [-0.3, -0.25) is 4.79 Å². The van der Waals surface area contributed by atoms with Crippen molar-refractivity contribution < 1.29 is 4.79 Å². The molecule has 0 bridgehead atoms. The SMILES string of the molecule is CSCC[C@H](N)C(=O)NCc1ccccc1-c1ccc(Cl)cc1.Cl. The van der Waals surface area contributed by atoms with Gasteiger partial charge < -0.3 is 11.1 Å². The van der Waals surface area contributed by atoms with E-state index in [9.17, 15) is 4.79 Å². The molecule has 0 radical (unpaired) electrons. The largest absolute Gasteiger partial charge is 0.351 e. The highest BCUT2D eigenvalue weighted by molar-refractivity contribution is 7.98. The summed E-state index contributed by atoms with van der Waals surface area (Å²) >= 11 is 7.64. The average molecular weight is 385 g/mol. The van der Waals surface area contributed by atoms with Crippen LogP contribution in [0.15, 0.2) is 48.5 Å². The summed E-state index contributed by atoms with van der Waals surface area (Å²) in [6, 6.07) is 15.2. The summed E-state index contributed by atoms with van der Waals surface area (Å²) in [6.07, 6.45) is 2.69. The van der Waals surface area contributed by atoms with Crippen LogP contribution in [0.25, 0.3) is 11.1 Å². The van der Waals surface area contributed by atoms with Gasteiger partial charge in [-0.05, 0) is 47.3 Å². The molecular formula is C18H22Cl2N2OS. The monoisotopic (exact) mass is 384 g/mol. The summed E-state index contributed by atoms with van der Waals surface area (Å²) < 4.78 is 0. The lowest BCUT2D eigenvalue weighted by atomic mass is 9.99. The first-order chi connectivity index (χ1) is 11.1. The van der Waals surface area contributed by atoms with E-state index in [0.717, 1.165) is 22.4 Å². The third-order valence-electron chi connectivity index (χ3n) is 3.60. The van der Waals surface area contributed by atoms with E-state index in [1.54, 1.807) is 11.8 Å². The van der Waals surface area contributed by atoms with E-state index in [-0.39, 0.29) is 18.3 Å². The fourth-order valence-electron chi connectivity index (χ4n) is 2.27. The maximum absolute atomic E-state index is 12.1. The number of hydrogen-bond donors (Lipinski definition) is 2. The number of thioether (sulfide) groups is 1. The summed E-state index contributed by atoms with van der Waals surface area (Å²) in [6.45, 7) is 0.463. The van der Waals surface area contributed by atoms with Gasteiger partial charge in [-0.25, -0.2) is 0 Å². The zero-order chi connectivity index (χ0) is 16.7. The number of benzene rings is 2. The zero-order valence-electron chi connectivity index (χ0n) is 13.5. The van der Waals surface area contributed by atoms with Crippen LogP contribution in [0, 0.1) is 0 Å². The molecule has 0 aliphatic heterocycles. The van der Waals surface area contributed by atoms with Crippen LogP contribution in [0.4, 0.5) is 0 Å². The molecule has 130 valence electrons. The van der Waals surface area contributed by atoms with E-state index in [1.165, 1.54) is 0 Å². The molecule has 24 heavy (non-hydrogen) atoms. The van der Waals surface area contributed by atoms with Crippen molar-refractivity contribution in [3.05, 3.63) is 59.1 Å². The fourth-order valence-corrected chi connectivity index (χ4v) is 2.89. The van der Waals surface area contributed by atoms with Crippen molar-refractivity contribution in [3.63, 3.8) is 0 Å². The van der Waals surface area contributed by atoms with Crippen LogP contribution in [0.1, 0.15) is 12.0 Å². The first kappa shape index (κ1) is 20.8. The Kier molecular flexibility index (Phi) is 9.22. The molecule has 0 saturated carbocycles. The Morgan fingerprint density at radius 2 is 1.88 bits per heavy atom. The van der Waals surface area contributed by atoms with Crippen molar-refractivity contribution in [1.29, 1.82) is 0 Å². The van der Waals surface area contributed by atoms with Crippen LogP contribution in [-0.2, 0) is 11.3 Å². The van der Waals surface area contributed by atoms with Gasteiger partial charge in [0.2, 0.25) is 5.91 Å². The molecule has 1 atom stereocenters. The lowest BCUT2D eigenvalue weighted by Crippen LogP contribution is -2.40. The second-order valence-electron chi connectivity index (χ2n) is 5.27. The number of amides is 1. The molecule has 0 aromatic heterocycles. The van der Waals surface area contributed by atoms with Crippen LogP contribution < -0.4 is 11.1 Å². The lowest BCUT2D eigenvalue weighted by Gasteiger charge is -2.14. The lowest BCUT2D eigenvalue weighted by molar-refractivity contribution is -0.122. The molecule has 3 nitrogen and oxygen atoms in total. The highest BCUT2D eigenvalue weighted by Gasteiger charge is 2.13. The molecule has 0 fully saturated rings. The second kappa shape index (κ2) is 10.6. The van der Waals surface area contributed by atoms with E-state index >= 15 is 0 Å². The van der Waals surface area contributed by atoms with E-state index in [2.05, 4.69) is 5.32 Å². The second-order valence-corrected chi connectivity index (χ2v) is 6.69. The molecule has 6 heteroatoms. The third-order valence-corrected chi connectivity index (χ3v) is 4.49. The van der Waals surface area contributed by atoms with Crippen molar-refractivity contribution in [2.75, 3.05) is 12.0 Å². The molecule has 0 heterocycles. The summed E-state index contributed by atoms with van der Waals surface area (Å²) in [5, 5.41) is 3.64. The molecule has 0 aliphatic carbocycles. The normalized spacial score (nSPS) is 11.5. The quantitative estimate of drug-likeness (QED) is 0.754. The molecule has 2 rings (SSSR count). The average Bonchev–Trinajstić information content (AvgIpc) is 2.58. The van der Waals surface area contributed by atoms with Crippen molar-refractivity contribution in [3.8, 4) is 11.1 Å². The highest BCUT2D eigenvalue weighted by atomic mass is 35.5. The molecule has 0 unspecified atom stereocenters. The van der Waals surface area contributed by atoms with Gasteiger partial charge in [0, 0.05) is 11.6 Å². The molecule has 0 aliphatic rings. The molecule has 0 saturated heterocycles. The van der Waals surface area contributed by atoms with Crippen molar-refractivity contribution in [1.82, 2.24) is 5.32 Å². The van der Waals surface area contributed by atoms with Gasteiger partial charge in [-0.15, -0.1) is 12.4 Å². The van der Waals surface area contributed by atoms with Crippen molar-refractivity contribution in [2.24, 2.45) is 5.73 Å². The standard InChI is InChI=1S/C18H21ClN2OS.ClH/c1-23-11-10-17(20)18(22)21-12-14-4-2-3-5-16(14)13-6-8-15(19)9-7-13;/h2-9,17H,10-12,20H2,1H3,(H,21,22);1H/t17-;/m0./s1. The Labute approximate surface area is 158 Å². The predicted molar refractivity (Wildman–Crippen MR) is 107 cm³/mol. The number of carbonyl (C=O) groups is 1. The minimum Gasteiger partial charge on any atom is -0.351 e. The topological polar surface area (TPSA) is 55.1 Å². The summed E-state index contributed by atoms with van der Waals surface area (Å²) in [5.41, 5.74) is 9.11.